The van der Waals surface area contributed by atoms with Crippen LogP contribution in [0.25, 0.3) is 0 Å². The highest BCUT2D eigenvalue weighted by Gasteiger charge is 2.28. The molecule has 2 rings (SSSR count). The molecule has 34 heavy (non-hydrogen) atoms. The van der Waals surface area contributed by atoms with Crippen LogP contribution in [0.2, 0.25) is 0 Å². The SMILES string of the molecule is CCOC(=O)[C@@H](NC(=O)c1cc(Oc2c(Br)cc(CP(C)(=O)O)cc2Br)ccc1O)C(C)CC. The van der Waals surface area contributed by atoms with Crippen LogP contribution >= 0.6 is 39.2 Å². The predicted octanol–water partition coefficient (Wildman–Crippen LogP) is 5.82. The summed E-state index contributed by atoms with van der Waals surface area (Å²) in [5.41, 5.74) is 0.575. The zero-order valence-corrected chi connectivity index (χ0v) is 23.4. The molecule has 0 spiro atoms. The number of carbonyl (C=O) groups is 2. The lowest BCUT2D eigenvalue weighted by Crippen LogP contribution is -2.46. The highest BCUT2D eigenvalue weighted by Crippen LogP contribution is 2.44. The largest absolute Gasteiger partial charge is 0.507 e. The fourth-order valence-corrected chi connectivity index (χ4v) is 5.44. The van der Waals surface area contributed by atoms with Crippen molar-refractivity contribution < 1.29 is 33.6 Å². The van der Waals surface area contributed by atoms with Crippen molar-refractivity contribution in [1.82, 2.24) is 5.32 Å². The number of ether oxygens (including phenoxy) is 2. The maximum absolute atomic E-state index is 12.9. The first kappa shape index (κ1) is 28.4. The number of nitrogens with one attached hydrogen (secondary N) is 1. The molecule has 2 unspecified atom stereocenters. The number of benzene rings is 2. The summed E-state index contributed by atoms with van der Waals surface area (Å²) in [4.78, 5) is 34.9. The van der Waals surface area contributed by atoms with E-state index < -0.39 is 25.3 Å². The van der Waals surface area contributed by atoms with E-state index in [2.05, 4.69) is 37.2 Å². The summed E-state index contributed by atoms with van der Waals surface area (Å²) in [5.74, 6) is -0.981. The molecule has 186 valence electrons. The Morgan fingerprint density at radius 3 is 2.29 bits per heavy atom. The summed E-state index contributed by atoms with van der Waals surface area (Å²) in [6.45, 7) is 6.89. The zero-order chi connectivity index (χ0) is 25.6. The molecule has 3 atom stereocenters. The van der Waals surface area contributed by atoms with Crippen molar-refractivity contribution in [2.24, 2.45) is 5.92 Å². The first-order valence-corrected chi connectivity index (χ1v) is 14.5. The molecule has 0 saturated carbocycles. The number of hydrogen-bond donors (Lipinski definition) is 3. The molecule has 0 aromatic heterocycles. The number of hydrogen-bond acceptors (Lipinski definition) is 6. The molecular formula is C23H28Br2NO7P. The smallest absolute Gasteiger partial charge is 0.328 e. The van der Waals surface area contributed by atoms with Gasteiger partial charge in [0.2, 0.25) is 7.37 Å². The van der Waals surface area contributed by atoms with Gasteiger partial charge in [-0.25, -0.2) is 4.79 Å². The zero-order valence-electron chi connectivity index (χ0n) is 19.3. The molecule has 2 aromatic rings. The Kier molecular flexibility index (Phi) is 10.2. The molecule has 8 nitrogen and oxygen atoms in total. The van der Waals surface area contributed by atoms with Crippen molar-refractivity contribution in [3.8, 4) is 17.2 Å². The molecule has 11 heteroatoms. The average molecular weight is 621 g/mol. The van der Waals surface area contributed by atoms with E-state index in [1.54, 1.807) is 19.1 Å². The first-order chi connectivity index (χ1) is 15.9. The molecule has 0 saturated heterocycles. The summed E-state index contributed by atoms with van der Waals surface area (Å²) in [6, 6.07) is 6.67. The van der Waals surface area contributed by atoms with E-state index in [-0.39, 0.29) is 35.7 Å². The van der Waals surface area contributed by atoms with Crippen LogP contribution in [0.5, 0.6) is 17.2 Å². The summed E-state index contributed by atoms with van der Waals surface area (Å²) in [5, 5.41) is 12.9. The Morgan fingerprint density at radius 1 is 1.15 bits per heavy atom. The van der Waals surface area contributed by atoms with Gasteiger partial charge in [-0.2, -0.15) is 0 Å². The van der Waals surface area contributed by atoms with Crippen molar-refractivity contribution in [1.29, 1.82) is 0 Å². The van der Waals surface area contributed by atoms with Gasteiger partial charge >= 0.3 is 5.97 Å². The van der Waals surface area contributed by atoms with Crippen molar-refractivity contribution in [3.05, 3.63) is 50.4 Å². The van der Waals surface area contributed by atoms with Gasteiger partial charge in [0.25, 0.3) is 5.91 Å². The lowest BCUT2D eigenvalue weighted by molar-refractivity contribution is -0.146. The minimum Gasteiger partial charge on any atom is -0.507 e. The third-order valence-electron chi connectivity index (χ3n) is 5.01. The monoisotopic (exact) mass is 619 g/mol. The Bertz CT molecular complexity index is 1080. The molecule has 2 aromatic carbocycles. The lowest BCUT2D eigenvalue weighted by atomic mass is 9.98. The van der Waals surface area contributed by atoms with Gasteiger partial charge < -0.3 is 24.8 Å². The second-order valence-electron chi connectivity index (χ2n) is 7.97. The topological polar surface area (TPSA) is 122 Å². The van der Waals surface area contributed by atoms with Crippen LogP contribution in [-0.4, -0.2) is 41.2 Å². The number of halogens is 2. The molecule has 0 heterocycles. The number of amides is 1. The van der Waals surface area contributed by atoms with Crippen LogP contribution in [-0.2, 0) is 20.3 Å². The fraction of sp³-hybridized carbons (Fsp3) is 0.391. The maximum Gasteiger partial charge on any atom is 0.328 e. The summed E-state index contributed by atoms with van der Waals surface area (Å²) >= 11 is 6.81. The molecule has 0 aliphatic heterocycles. The van der Waals surface area contributed by atoms with Gasteiger partial charge in [0.05, 0.1) is 21.1 Å². The van der Waals surface area contributed by atoms with Crippen molar-refractivity contribution >= 4 is 51.1 Å². The van der Waals surface area contributed by atoms with E-state index in [0.29, 0.717) is 26.7 Å². The van der Waals surface area contributed by atoms with Crippen LogP contribution in [0.3, 0.4) is 0 Å². The van der Waals surface area contributed by atoms with Crippen molar-refractivity contribution in [2.75, 3.05) is 13.3 Å². The van der Waals surface area contributed by atoms with Gasteiger partial charge in [-0.15, -0.1) is 0 Å². The predicted molar refractivity (Wildman–Crippen MR) is 137 cm³/mol. The number of phenols is 1. The molecule has 1 amide bonds. The van der Waals surface area contributed by atoms with Crippen molar-refractivity contribution in [2.45, 2.75) is 39.4 Å². The van der Waals surface area contributed by atoms with Gasteiger partial charge in [0, 0.05) is 12.8 Å². The van der Waals surface area contributed by atoms with E-state index in [4.69, 9.17) is 9.47 Å². The number of rotatable bonds is 10. The summed E-state index contributed by atoms with van der Waals surface area (Å²) < 4.78 is 23.8. The minimum absolute atomic E-state index is 0.00578. The average Bonchev–Trinajstić information content (AvgIpc) is 2.73. The van der Waals surface area contributed by atoms with E-state index in [1.807, 2.05) is 13.8 Å². The van der Waals surface area contributed by atoms with Crippen LogP contribution in [0, 0.1) is 5.92 Å². The van der Waals surface area contributed by atoms with Gasteiger partial charge in [0.1, 0.15) is 17.5 Å². The molecule has 0 bridgehead atoms. The van der Waals surface area contributed by atoms with Gasteiger partial charge in [-0.1, -0.05) is 20.3 Å². The fourth-order valence-electron chi connectivity index (χ4n) is 3.14. The normalized spacial score (nSPS) is 14.6. The molecule has 3 N–H and O–H groups in total. The summed E-state index contributed by atoms with van der Waals surface area (Å²) in [6.07, 6.45) is 0.645. The Labute approximate surface area is 215 Å². The van der Waals surface area contributed by atoms with E-state index in [0.717, 1.165) is 0 Å². The maximum atomic E-state index is 12.9. The number of aromatic hydroxyl groups is 1. The van der Waals surface area contributed by atoms with Crippen LogP contribution in [0.15, 0.2) is 39.3 Å². The van der Waals surface area contributed by atoms with Crippen molar-refractivity contribution in [3.63, 3.8) is 0 Å². The van der Waals surface area contributed by atoms with E-state index in [1.165, 1.54) is 24.9 Å². The van der Waals surface area contributed by atoms with Gasteiger partial charge in [-0.05, 0) is 80.6 Å². The second kappa shape index (κ2) is 12.2. The molecule has 0 aliphatic rings. The summed E-state index contributed by atoms with van der Waals surface area (Å²) in [7, 11) is -3.25. The molecule has 0 fully saturated rings. The number of carbonyl (C=O) groups excluding carboxylic acids is 2. The minimum atomic E-state index is -3.25. The lowest BCUT2D eigenvalue weighted by Gasteiger charge is -2.22. The van der Waals surface area contributed by atoms with Crippen LogP contribution in [0.1, 0.15) is 43.1 Å². The van der Waals surface area contributed by atoms with Gasteiger partial charge in [-0.3, -0.25) is 9.36 Å². The molecular weight excluding hydrogens is 593 g/mol. The van der Waals surface area contributed by atoms with Gasteiger partial charge in [0.15, 0.2) is 5.75 Å². The molecule has 0 radical (unpaired) electrons. The highest BCUT2D eigenvalue weighted by molar-refractivity contribution is 9.11. The van der Waals surface area contributed by atoms with Crippen LogP contribution in [0.4, 0.5) is 0 Å². The second-order valence-corrected chi connectivity index (χ2v) is 12.1. The highest BCUT2D eigenvalue weighted by atomic mass is 79.9. The standard InChI is InChI=1S/C23H28Br2NO7P/c1-5-13(3)20(23(29)32-6-2)26-22(28)16-11-15(7-8-19(16)27)33-21-17(24)9-14(10-18(21)25)12-34(4,30)31/h7-11,13,20,27H,5-6,12H2,1-4H3,(H,26,28)(H,30,31)/t13?,20-/m0/s1. The Hall–Kier alpha value is -1.87. The molecule has 0 aliphatic carbocycles. The van der Waals surface area contributed by atoms with E-state index >= 15 is 0 Å². The quantitative estimate of drug-likeness (QED) is 0.226. The Balaban J connectivity index is 2.30. The third kappa shape index (κ3) is 7.83. The third-order valence-corrected chi connectivity index (χ3v) is 7.14. The number of phenolic OH excluding ortho intramolecular Hbond substituents is 1. The first-order valence-electron chi connectivity index (χ1n) is 10.6. The number of esters is 1. The Morgan fingerprint density at radius 2 is 1.76 bits per heavy atom. The van der Waals surface area contributed by atoms with Crippen LogP contribution < -0.4 is 10.1 Å². The van der Waals surface area contributed by atoms with E-state index in [9.17, 15) is 24.2 Å².